The highest BCUT2D eigenvalue weighted by atomic mass is 35.5. The highest BCUT2D eigenvalue weighted by Gasteiger charge is 2.34. The van der Waals surface area contributed by atoms with Gasteiger partial charge in [-0.25, -0.2) is 15.2 Å². The Morgan fingerprint density at radius 1 is 1.07 bits per heavy atom. The number of anilines is 1. The van der Waals surface area contributed by atoms with Crippen LogP contribution in [-0.4, -0.2) is 43.0 Å². The molecule has 2 heterocycles. The van der Waals surface area contributed by atoms with E-state index in [2.05, 4.69) is 22.7 Å². The van der Waals surface area contributed by atoms with Crippen molar-refractivity contribution in [2.24, 2.45) is 0 Å². The maximum Gasteiger partial charge on any atom is 0.241 e. The molecule has 0 aliphatic carbocycles. The van der Waals surface area contributed by atoms with Crippen LogP contribution in [0.4, 0.5) is 10.1 Å². The van der Waals surface area contributed by atoms with Crippen LogP contribution < -0.4 is 15.8 Å². The standard InChI is InChI=1S/C21H24ClFN4O/c1-14-2-5-16(22)12-20(14)26-8-10-27(11-9-26)21(28)19-13-18(24-25-19)15-3-6-17(23)7-4-15/h2-7,12,18-19,24-25H,8-11,13H2,1H3. The second kappa shape index (κ2) is 8.07. The first-order chi connectivity index (χ1) is 13.5. The Morgan fingerprint density at radius 3 is 2.50 bits per heavy atom. The van der Waals surface area contributed by atoms with Crippen molar-refractivity contribution in [3.63, 3.8) is 0 Å². The predicted molar refractivity (Wildman–Crippen MR) is 109 cm³/mol. The van der Waals surface area contributed by atoms with Crippen molar-refractivity contribution in [1.29, 1.82) is 0 Å². The topological polar surface area (TPSA) is 47.6 Å². The first kappa shape index (κ1) is 19.2. The van der Waals surface area contributed by atoms with Crippen LogP contribution in [0.25, 0.3) is 0 Å². The lowest BCUT2D eigenvalue weighted by Gasteiger charge is -2.37. The maximum atomic E-state index is 13.1. The normalized spacial score (nSPS) is 22.5. The average molecular weight is 403 g/mol. The highest BCUT2D eigenvalue weighted by molar-refractivity contribution is 6.30. The average Bonchev–Trinajstić information content (AvgIpc) is 3.20. The van der Waals surface area contributed by atoms with E-state index in [1.165, 1.54) is 17.7 Å². The summed E-state index contributed by atoms with van der Waals surface area (Å²) in [5, 5.41) is 0.729. The van der Waals surface area contributed by atoms with Crippen molar-refractivity contribution in [1.82, 2.24) is 15.8 Å². The number of halogens is 2. The summed E-state index contributed by atoms with van der Waals surface area (Å²) in [6.07, 6.45) is 0.651. The van der Waals surface area contributed by atoms with Crippen LogP contribution in [0.3, 0.4) is 0 Å². The van der Waals surface area contributed by atoms with Gasteiger partial charge in [-0.2, -0.15) is 0 Å². The van der Waals surface area contributed by atoms with E-state index < -0.39 is 0 Å². The van der Waals surface area contributed by atoms with E-state index in [9.17, 15) is 9.18 Å². The van der Waals surface area contributed by atoms with Crippen molar-refractivity contribution in [2.75, 3.05) is 31.1 Å². The van der Waals surface area contributed by atoms with E-state index in [1.807, 2.05) is 23.1 Å². The summed E-state index contributed by atoms with van der Waals surface area (Å²) < 4.78 is 13.1. The number of amides is 1. The van der Waals surface area contributed by atoms with Gasteiger partial charge in [0.25, 0.3) is 0 Å². The lowest BCUT2D eigenvalue weighted by molar-refractivity contribution is -0.133. The van der Waals surface area contributed by atoms with Crippen LogP contribution in [-0.2, 0) is 4.79 Å². The summed E-state index contributed by atoms with van der Waals surface area (Å²) in [5.74, 6) is -0.144. The van der Waals surface area contributed by atoms with Gasteiger partial charge in [-0.05, 0) is 48.7 Å². The zero-order chi connectivity index (χ0) is 19.7. The first-order valence-electron chi connectivity index (χ1n) is 9.57. The molecule has 2 atom stereocenters. The molecule has 0 bridgehead atoms. The molecule has 0 aromatic heterocycles. The molecule has 2 aromatic carbocycles. The van der Waals surface area contributed by atoms with Crippen LogP contribution in [0.5, 0.6) is 0 Å². The smallest absolute Gasteiger partial charge is 0.241 e. The molecule has 0 saturated carbocycles. The molecule has 2 fully saturated rings. The third kappa shape index (κ3) is 3.99. The first-order valence-corrected chi connectivity index (χ1v) is 9.95. The fourth-order valence-corrected chi connectivity index (χ4v) is 4.11. The molecule has 0 radical (unpaired) electrons. The summed E-state index contributed by atoms with van der Waals surface area (Å²) in [5.41, 5.74) is 9.58. The number of benzene rings is 2. The number of hydrogen-bond donors (Lipinski definition) is 2. The van der Waals surface area contributed by atoms with Crippen LogP contribution in [0, 0.1) is 12.7 Å². The number of nitrogens with zero attached hydrogens (tertiary/aromatic N) is 2. The van der Waals surface area contributed by atoms with Gasteiger partial charge in [-0.3, -0.25) is 4.79 Å². The minimum Gasteiger partial charge on any atom is -0.368 e. The van der Waals surface area contributed by atoms with Crippen molar-refractivity contribution in [2.45, 2.75) is 25.4 Å². The lowest BCUT2D eigenvalue weighted by atomic mass is 10.0. The Kier molecular flexibility index (Phi) is 5.53. The van der Waals surface area contributed by atoms with Gasteiger partial charge >= 0.3 is 0 Å². The van der Waals surface area contributed by atoms with E-state index in [-0.39, 0.29) is 23.8 Å². The molecule has 2 N–H and O–H groups in total. The van der Waals surface area contributed by atoms with Crippen LogP contribution in [0.15, 0.2) is 42.5 Å². The Bertz CT molecular complexity index is 852. The van der Waals surface area contributed by atoms with Crippen molar-refractivity contribution >= 4 is 23.2 Å². The zero-order valence-electron chi connectivity index (χ0n) is 15.8. The van der Waals surface area contributed by atoms with E-state index in [0.717, 1.165) is 29.4 Å². The second-order valence-corrected chi connectivity index (χ2v) is 7.86. The number of carbonyl (C=O) groups excluding carboxylic acids is 1. The maximum absolute atomic E-state index is 13.1. The quantitative estimate of drug-likeness (QED) is 0.828. The fourth-order valence-electron chi connectivity index (χ4n) is 3.94. The number of aryl methyl sites for hydroxylation is 1. The van der Waals surface area contributed by atoms with Crippen molar-refractivity contribution < 1.29 is 9.18 Å². The van der Waals surface area contributed by atoms with Gasteiger partial charge in [0.2, 0.25) is 5.91 Å². The number of hydrogen-bond acceptors (Lipinski definition) is 4. The summed E-state index contributed by atoms with van der Waals surface area (Å²) in [6, 6.07) is 12.1. The molecule has 28 heavy (non-hydrogen) atoms. The van der Waals surface area contributed by atoms with Crippen LogP contribution in [0.2, 0.25) is 5.02 Å². The second-order valence-electron chi connectivity index (χ2n) is 7.42. The molecule has 2 aromatic rings. The van der Waals surface area contributed by atoms with Gasteiger partial charge in [-0.15, -0.1) is 0 Å². The number of rotatable bonds is 3. The van der Waals surface area contributed by atoms with Gasteiger partial charge in [0, 0.05) is 42.9 Å². The van der Waals surface area contributed by atoms with E-state index in [1.54, 1.807) is 12.1 Å². The molecular weight excluding hydrogens is 379 g/mol. The van der Waals surface area contributed by atoms with E-state index in [0.29, 0.717) is 19.5 Å². The molecule has 7 heteroatoms. The molecule has 1 amide bonds. The number of hydrazine groups is 1. The number of nitrogens with one attached hydrogen (secondary N) is 2. The molecule has 2 aliphatic rings. The summed E-state index contributed by atoms with van der Waals surface area (Å²) in [6.45, 7) is 5.02. The zero-order valence-corrected chi connectivity index (χ0v) is 16.5. The molecular formula is C21H24ClFN4O. The molecule has 2 unspecified atom stereocenters. The van der Waals surface area contributed by atoms with Crippen molar-refractivity contribution in [3.8, 4) is 0 Å². The molecule has 0 spiro atoms. The van der Waals surface area contributed by atoms with Crippen LogP contribution >= 0.6 is 11.6 Å². The molecule has 5 nitrogen and oxygen atoms in total. The lowest BCUT2D eigenvalue weighted by Crippen LogP contribution is -2.53. The highest BCUT2D eigenvalue weighted by Crippen LogP contribution is 2.27. The third-order valence-corrected chi connectivity index (χ3v) is 5.81. The van der Waals surface area contributed by atoms with Crippen molar-refractivity contribution in [3.05, 3.63) is 64.4 Å². The largest absolute Gasteiger partial charge is 0.368 e. The molecule has 2 aliphatic heterocycles. The van der Waals surface area contributed by atoms with Gasteiger partial charge in [0.05, 0.1) is 0 Å². The van der Waals surface area contributed by atoms with E-state index >= 15 is 0 Å². The predicted octanol–water partition coefficient (Wildman–Crippen LogP) is 3.04. The van der Waals surface area contributed by atoms with Gasteiger partial charge in [-0.1, -0.05) is 29.8 Å². The SMILES string of the molecule is Cc1ccc(Cl)cc1N1CCN(C(=O)C2CC(c3ccc(F)cc3)NN2)CC1. The Morgan fingerprint density at radius 2 is 1.79 bits per heavy atom. The van der Waals surface area contributed by atoms with Crippen LogP contribution in [0.1, 0.15) is 23.6 Å². The fraction of sp³-hybridized carbons (Fsp3) is 0.381. The van der Waals surface area contributed by atoms with Gasteiger partial charge < -0.3 is 9.80 Å². The number of carbonyl (C=O) groups is 1. The summed E-state index contributed by atoms with van der Waals surface area (Å²) >= 11 is 6.15. The molecule has 2 saturated heterocycles. The Labute approximate surface area is 169 Å². The summed E-state index contributed by atoms with van der Waals surface area (Å²) in [7, 11) is 0. The Hall–Kier alpha value is -2.15. The minimum atomic E-state index is -0.269. The third-order valence-electron chi connectivity index (χ3n) is 5.58. The molecule has 4 rings (SSSR count). The molecule has 148 valence electrons. The minimum absolute atomic E-state index is 0.00458. The monoisotopic (exact) mass is 402 g/mol. The van der Waals surface area contributed by atoms with E-state index in [4.69, 9.17) is 11.6 Å². The van der Waals surface area contributed by atoms with Gasteiger partial charge in [0.15, 0.2) is 0 Å². The summed E-state index contributed by atoms with van der Waals surface area (Å²) in [4.78, 5) is 17.1. The number of piperazine rings is 1. The Balaban J connectivity index is 1.34. The van der Waals surface area contributed by atoms with Gasteiger partial charge in [0.1, 0.15) is 11.9 Å².